The standard InChI is InChI=1S/C10H16N2O2S/c1-10(2,3)8-6-5-7-9(11-8)12-15(4,13)14/h5-7H,1-4H3,(H,11,12). The van der Waals surface area contributed by atoms with E-state index in [1.54, 1.807) is 12.1 Å². The van der Waals surface area contributed by atoms with Crippen molar-refractivity contribution in [2.24, 2.45) is 0 Å². The maximum Gasteiger partial charge on any atom is 0.230 e. The summed E-state index contributed by atoms with van der Waals surface area (Å²) < 4.78 is 24.4. The van der Waals surface area contributed by atoms with Gasteiger partial charge in [-0.2, -0.15) is 0 Å². The molecule has 1 heterocycles. The molecule has 15 heavy (non-hydrogen) atoms. The van der Waals surface area contributed by atoms with Crippen molar-refractivity contribution in [1.29, 1.82) is 0 Å². The second-order valence-electron chi connectivity index (χ2n) is 4.53. The molecule has 4 nitrogen and oxygen atoms in total. The van der Waals surface area contributed by atoms with Gasteiger partial charge in [-0.05, 0) is 12.1 Å². The van der Waals surface area contributed by atoms with E-state index in [1.165, 1.54) is 0 Å². The van der Waals surface area contributed by atoms with Crippen LogP contribution in [0.25, 0.3) is 0 Å². The number of sulfonamides is 1. The molecule has 0 bridgehead atoms. The van der Waals surface area contributed by atoms with Gasteiger partial charge in [-0.1, -0.05) is 26.8 Å². The summed E-state index contributed by atoms with van der Waals surface area (Å²) in [6, 6.07) is 5.31. The quantitative estimate of drug-likeness (QED) is 0.839. The summed E-state index contributed by atoms with van der Waals surface area (Å²) >= 11 is 0. The molecule has 84 valence electrons. The second-order valence-corrected chi connectivity index (χ2v) is 6.28. The summed E-state index contributed by atoms with van der Waals surface area (Å²) in [6.45, 7) is 6.08. The van der Waals surface area contributed by atoms with Crippen LogP contribution in [-0.2, 0) is 15.4 Å². The van der Waals surface area contributed by atoms with Gasteiger partial charge < -0.3 is 0 Å². The Morgan fingerprint density at radius 3 is 2.33 bits per heavy atom. The largest absolute Gasteiger partial charge is 0.268 e. The molecular weight excluding hydrogens is 212 g/mol. The Morgan fingerprint density at radius 2 is 1.87 bits per heavy atom. The van der Waals surface area contributed by atoms with Crippen molar-refractivity contribution < 1.29 is 8.42 Å². The van der Waals surface area contributed by atoms with Crippen LogP contribution in [0, 0.1) is 0 Å². The molecule has 1 N–H and O–H groups in total. The third-order valence-electron chi connectivity index (χ3n) is 1.81. The van der Waals surface area contributed by atoms with E-state index in [2.05, 4.69) is 9.71 Å². The summed E-state index contributed by atoms with van der Waals surface area (Å²) in [5.74, 6) is 0.366. The van der Waals surface area contributed by atoms with E-state index in [0.29, 0.717) is 5.82 Å². The maximum absolute atomic E-state index is 11.0. The molecule has 0 atom stereocenters. The van der Waals surface area contributed by atoms with Crippen molar-refractivity contribution in [1.82, 2.24) is 4.98 Å². The Balaban J connectivity index is 3.04. The highest BCUT2D eigenvalue weighted by Crippen LogP contribution is 2.21. The average Bonchev–Trinajstić information content (AvgIpc) is 1.99. The van der Waals surface area contributed by atoms with Gasteiger partial charge in [0.25, 0.3) is 0 Å². The van der Waals surface area contributed by atoms with Crippen molar-refractivity contribution in [3.8, 4) is 0 Å². The Morgan fingerprint density at radius 1 is 1.27 bits per heavy atom. The zero-order valence-corrected chi connectivity index (χ0v) is 10.2. The fraction of sp³-hybridized carbons (Fsp3) is 0.500. The molecule has 1 aromatic heterocycles. The number of aromatic nitrogens is 1. The lowest BCUT2D eigenvalue weighted by molar-refractivity contribution is 0.569. The number of rotatable bonds is 2. The molecule has 0 saturated heterocycles. The molecule has 5 heteroatoms. The van der Waals surface area contributed by atoms with Gasteiger partial charge >= 0.3 is 0 Å². The zero-order chi connectivity index (χ0) is 11.7. The first-order chi connectivity index (χ1) is 6.68. The first-order valence-electron chi connectivity index (χ1n) is 4.64. The highest BCUT2D eigenvalue weighted by Gasteiger charge is 2.15. The minimum absolute atomic E-state index is 0.0881. The van der Waals surface area contributed by atoms with Gasteiger partial charge in [-0.3, -0.25) is 4.72 Å². The summed E-state index contributed by atoms with van der Waals surface area (Å²) in [7, 11) is -3.25. The molecule has 1 aromatic rings. The van der Waals surface area contributed by atoms with Gasteiger partial charge in [0.05, 0.1) is 6.26 Å². The van der Waals surface area contributed by atoms with Crippen LogP contribution >= 0.6 is 0 Å². The van der Waals surface area contributed by atoms with Crippen molar-refractivity contribution >= 4 is 15.8 Å². The Kier molecular flexibility index (Phi) is 3.04. The number of hydrogen-bond acceptors (Lipinski definition) is 3. The van der Waals surface area contributed by atoms with Crippen molar-refractivity contribution in [2.45, 2.75) is 26.2 Å². The van der Waals surface area contributed by atoms with Crippen LogP contribution in [0.2, 0.25) is 0 Å². The number of nitrogens with one attached hydrogen (secondary N) is 1. The maximum atomic E-state index is 11.0. The molecule has 0 fully saturated rings. The van der Waals surface area contributed by atoms with E-state index < -0.39 is 10.0 Å². The number of anilines is 1. The lowest BCUT2D eigenvalue weighted by Crippen LogP contribution is -2.16. The van der Waals surface area contributed by atoms with Crippen LogP contribution in [0.3, 0.4) is 0 Å². The third-order valence-corrected chi connectivity index (χ3v) is 2.39. The predicted molar refractivity (Wildman–Crippen MR) is 61.4 cm³/mol. The second kappa shape index (κ2) is 3.81. The Bertz CT molecular complexity index is 447. The fourth-order valence-electron chi connectivity index (χ4n) is 1.10. The van der Waals surface area contributed by atoms with Gasteiger partial charge in [0.1, 0.15) is 5.82 Å². The SMILES string of the molecule is CC(C)(C)c1cccc(NS(C)(=O)=O)n1. The topological polar surface area (TPSA) is 59.1 Å². The molecule has 0 radical (unpaired) electrons. The van der Waals surface area contributed by atoms with E-state index in [-0.39, 0.29) is 5.41 Å². The van der Waals surface area contributed by atoms with Crippen molar-refractivity contribution in [2.75, 3.05) is 11.0 Å². The minimum Gasteiger partial charge on any atom is -0.268 e. The number of hydrogen-bond donors (Lipinski definition) is 1. The molecule has 0 unspecified atom stereocenters. The van der Waals surface area contributed by atoms with Gasteiger partial charge in [-0.15, -0.1) is 0 Å². The summed E-state index contributed by atoms with van der Waals surface area (Å²) in [5, 5.41) is 0. The van der Waals surface area contributed by atoms with E-state index in [4.69, 9.17) is 0 Å². The summed E-state index contributed by atoms with van der Waals surface area (Å²) in [6.07, 6.45) is 1.11. The first kappa shape index (κ1) is 12.0. The molecule has 0 spiro atoms. The van der Waals surface area contributed by atoms with E-state index in [1.807, 2.05) is 26.8 Å². The molecule has 0 aliphatic rings. The molecule has 0 amide bonds. The van der Waals surface area contributed by atoms with Crippen LogP contribution in [0.1, 0.15) is 26.5 Å². The summed E-state index contributed by atoms with van der Waals surface area (Å²) in [5.41, 5.74) is 0.769. The van der Waals surface area contributed by atoms with Crippen LogP contribution in [0.4, 0.5) is 5.82 Å². The normalized spacial score (nSPS) is 12.5. The van der Waals surface area contributed by atoms with Gasteiger partial charge in [0.15, 0.2) is 0 Å². The van der Waals surface area contributed by atoms with Crippen LogP contribution in [0.15, 0.2) is 18.2 Å². The molecule has 0 aromatic carbocycles. The van der Waals surface area contributed by atoms with Gasteiger partial charge in [-0.25, -0.2) is 13.4 Å². The van der Waals surface area contributed by atoms with Crippen LogP contribution < -0.4 is 4.72 Å². The molecule has 0 aliphatic carbocycles. The minimum atomic E-state index is -3.25. The van der Waals surface area contributed by atoms with Gasteiger partial charge in [0.2, 0.25) is 10.0 Å². The van der Waals surface area contributed by atoms with Crippen LogP contribution in [-0.4, -0.2) is 19.7 Å². The summed E-state index contributed by atoms with van der Waals surface area (Å²) in [4.78, 5) is 4.24. The zero-order valence-electron chi connectivity index (χ0n) is 9.40. The smallest absolute Gasteiger partial charge is 0.230 e. The van der Waals surface area contributed by atoms with E-state index in [0.717, 1.165) is 11.9 Å². The fourth-order valence-corrected chi connectivity index (χ4v) is 1.59. The number of nitrogens with zero attached hydrogens (tertiary/aromatic N) is 1. The first-order valence-corrected chi connectivity index (χ1v) is 6.53. The predicted octanol–water partition coefficient (Wildman–Crippen LogP) is 1.75. The highest BCUT2D eigenvalue weighted by molar-refractivity contribution is 7.92. The third kappa shape index (κ3) is 3.87. The lowest BCUT2D eigenvalue weighted by Gasteiger charge is -2.18. The van der Waals surface area contributed by atoms with Crippen LogP contribution in [0.5, 0.6) is 0 Å². The van der Waals surface area contributed by atoms with E-state index >= 15 is 0 Å². The number of pyridine rings is 1. The molecular formula is C10H16N2O2S. The molecule has 0 saturated carbocycles. The molecule has 0 aliphatic heterocycles. The van der Waals surface area contributed by atoms with Crippen molar-refractivity contribution in [3.05, 3.63) is 23.9 Å². The average molecular weight is 228 g/mol. The Hall–Kier alpha value is -1.10. The Labute approximate surface area is 90.8 Å². The lowest BCUT2D eigenvalue weighted by atomic mass is 9.92. The van der Waals surface area contributed by atoms with E-state index in [9.17, 15) is 8.42 Å². The van der Waals surface area contributed by atoms with Gasteiger partial charge in [0, 0.05) is 11.1 Å². The highest BCUT2D eigenvalue weighted by atomic mass is 32.2. The monoisotopic (exact) mass is 228 g/mol. The van der Waals surface area contributed by atoms with Crippen molar-refractivity contribution in [3.63, 3.8) is 0 Å². The molecule has 1 rings (SSSR count).